The van der Waals surface area contributed by atoms with Gasteiger partial charge in [0.1, 0.15) is 23.3 Å². The fraction of sp³-hybridized carbons (Fsp3) is 0.115. The van der Waals surface area contributed by atoms with Gasteiger partial charge < -0.3 is 0 Å². The summed E-state index contributed by atoms with van der Waals surface area (Å²) in [6.45, 7) is 0. The average molecular weight is 1170 g/mol. The maximum atomic E-state index is 16.1. The van der Waals surface area contributed by atoms with Gasteiger partial charge >= 0.3 is 36.0 Å². The molecule has 0 saturated carbocycles. The Bertz CT molecular complexity index is 3670. The molecule has 9 aromatic carbocycles. The van der Waals surface area contributed by atoms with E-state index in [1.54, 1.807) is 0 Å². The van der Waals surface area contributed by atoms with Crippen LogP contribution < -0.4 is 0 Å². The normalized spacial score (nSPS) is 13.5. The molecule has 398 valence electrons. The van der Waals surface area contributed by atoms with Crippen molar-refractivity contribution in [1.29, 1.82) is 0 Å². The van der Waals surface area contributed by atoms with Crippen LogP contribution in [0.25, 0.3) is 65.2 Å². The van der Waals surface area contributed by atoms with Crippen molar-refractivity contribution in [1.82, 2.24) is 19.9 Å². The number of hydrogen-bond donors (Lipinski definition) is 0. The minimum Gasteiger partial charge on any atom is -0.225 e. The lowest BCUT2D eigenvalue weighted by atomic mass is 9.88. The van der Waals surface area contributed by atoms with Gasteiger partial charge in [0.05, 0.1) is 22.1 Å². The molecule has 0 aliphatic rings. The van der Waals surface area contributed by atoms with Crippen LogP contribution in [0.1, 0.15) is 11.6 Å². The van der Waals surface area contributed by atoms with Gasteiger partial charge in [-0.3, -0.25) is 0 Å². The number of halogens is 18. The molecule has 11 rings (SSSR count). The molecule has 0 amide bonds. The number of alkyl halides is 14. The summed E-state index contributed by atoms with van der Waals surface area (Å²) < 4.78 is 265. The van der Waals surface area contributed by atoms with E-state index in [9.17, 15) is 43.9 Å². The summed E-state index contributed by atoms with van der Waals surface area (Å²) in [6.07, 6.45) is -13.7. The number of aromatic nitrogens is 4. The van der Waals surface area contributed by atoms with Crippen molar-refractivity contribution in [3.63, 3.8) is 0 Å². The van der Waals surface area contributed by atoms with Crippen LogP contribution in [0, 0.1) is 23.3 Å². The number of hydrogen-bond acceptors (Lipinski definition) is 8. The Morgan fingerprint density at radius 3 is 0.679 bits per heavy atom. The second-order valence-corrected chi connectivity index (χ2v) is 21.7. The lowest BCUT2D eigenvalue weighted by Crippen LogP contribution is -2.50. The highest BCUT2D eigenvalue weighted by atomic mass is 32.2. The maximum Gasteiger partial charge on any atom is 0.460 e. The number of fused-ring (bicyclic) bond motifs is 2. The molecule has 0 fully saturated rings. The summed E-state index contributed by atoms with van der Waals surface area (Å²) in [4.78, 5) is 14.4. The first-order valence-corrected chi connectivity index (χ1v) is 25.2. The van der Waals surface area contributed by atoms with E-state index in [-0.39, 0.29) is 82.3 Å². The molecule has 0 saturated heterocycles. The van der Waals surface area contributed by atoms with Gasteiger partial charge in [-0.05, 0) is 143 Å². The molecule has 0 atom stereocenters. The zero-order valence-electron chi connectivity index (χ0n) is 37.8. The highest BCUT2D eigenvalue weighted by Crippen LogP contribution is 2.57. The Hall–Kier alpha value is -6.64. The molecule has 0 N–H and O–H groups in total. The Labute approximate surface area is 440 Å². The quantitative estimate of drug-likeness (QED) is 0.0681. The predicted molar refractivity (Wildman–Crippen MR) is 257 cm³/mol. The number of nitrogens with zero attached hydrogens (tertiary/aromatic N) is 4. The first-order chi connectivity index (χ1) is 36.6. The van der Waals surface area contributed by atoms with Crippen LogP contribution in [0.2, 0.25) is 0 Å². The van der Waals surface area contributed by atoms with Crippen LogP contribution in [0.5, 0.6) is 0 Å². The summed E-state index contributed by atoms with van der Waals surface area (Å²) in [7, 11) is 0. The third kappa shape index (κ3) is 8.67. The van der Waals surface area contributed by atoms with E-state index in [0.29, 0.717) is 47.0 Å². The molecule has 0 bridgehead atoms. The zero-order valence-corrected chi connectivity index (χ0v) is 41.0. The van der Waals surface area contributed by atoms with E-state index in [1.165, 1.54) is 72.8 Å². The highest BCUT2D eigenvalue weighted by Gasteiger charge is 2.76. The average Bonchev–Trinajstić information content (AvgIpc) is 3.39. The van der Waals surface area contributed by atoms with Crippen LogP contribution >= 0.6 is 47.0 Å². The molecule has 26 heteroatoms. The van der Waals surface area contributed by atoms with E-state index in [1.807, 2.05) is 0 Å². The standard InChI is InChI=1S/C52H20F18N4S4/c53-21-1-9-25(10-2-21)75-33-17-29-30-18-35(77-27-13-5-23(55)6-14-27)43-40-38(30)32(20-36(78-28-15-7-24(56)8-16-28)44(40)74-46(73-43)48(59,60)50(63,64)52(68,69)70)31-19-34(76-26-11-3-22(54)4-12-26)42-39(37(29)31)41(33)71-45(72-42)47(57,58)49(61,62)51(65,66)67/h1-20H. The van der Waals surface area contributed by atoms with Gasteiger partial charge in [-0.15, -0.1) is 0 Å². The molecule has 2 aromatic heterocycles. The Morgan fingerprint density at radius 1 is 0.282 bits per heavy atom. The zero-order chi connectivity index (χ0) is 55.8. The van der Waals surface area contributed by atoms with Crippen LogP contribution in [-0.4, -0.2) is 44.1 Å². The van der Waals surface area contributed by atoms with Gasteiger partial charge in [0.15, 0.2) is 0 Å². The van der Waals surface area contributed by atoms with Gasteiger partial charge in [-0.1, -0.05) is 47.0 Å². The summed E-state index contributed by atoms with van der Waals surface area (Å²) in [5.74, 6) is -33.6. The second kappa shape index (κ2) is 18.5. The van der Waals surface area contributed by atoms with Gasteiger partial charge in [-0.2, -0.15) is 61.5 Å². The molecule has 2 heterocycles. The second-order valence-electron chi connectivity index (χ2n) is 17.2. The Morgan fingerprint density at radius 2 is 0.487 bits per heavy atom. The topological polar surface area (TPSA) is 51.6 Å². The molecule has 0 radical (unpaired) electrons. The van der Waals surface area contributed by atoms with Crippen molar-refractivity contribution in [2.45, 2.75) is 75.2 Å². The van der Waals surface area contributed by atoms with E-state index in [4.69, 9.17) is 0 Å². The molecule has 0 spiro atoms. The third-order valence-electron chi connectivity index (χ3n) is 12.2. The molecule has 78 heavy (non-hydrogen) atoms. The molecule has 0 aliphatic carbocycles. The molecule has 4 nitrogen and oxygen atoms in total. The predicted octanol–water partition coefficient (Wildman–Crippen LogP) is 18.8. The lowest BCUT2D eigenvalue weighted by molar-refractivity contribution is -0.361. The molecule has 0 aliphatic heterocycles. The number of benzene rings is 9. The summed E-state index contributed by atoms with van der Waals surface area (Å²) in [5, 5.41) is -0.469. The van der Waals surface area contributed by atoms with Crippen molar-refractivity contribution < 1.29 is 79.0 Å². The van der Waals surface area contributed by atoms with Crippen LogP contribution in [0.4, 0.5) is 79.0 Å². The van der Waals surface area contributed by atoms with Gasteiger partial charge in [0, 0.05) is 60.7 Å². The largest absolute Gasteiger partial charge is 0.460 e. The van der Waals surface area contributed by atoms with Crippen LogP contribution in [0.3, 0.4) is 0 Å². The van der Waals surface area contributed by atoms with E-state index in [2.05, 4.69) is 19.9 Å². The maximum absolute atomic E-state index is 16.1. The van der Waals surface area contributed by atoms with Crippen molar-refractivity contribution in [3.8, 4) is 0 Å². The van der Waals surface area contributed by atoms with Crippen LogP contribution in [-0.2, 0) is 11.8 Å². The van der Waals surface area contributed by atoms with Gasteiger partial charge in [-0.25, -0.2) is 37.5 Å². The lowest BCUT2D eigenvalue weighted by Gasteiger charge is -2.28. The smallest absolute Gasteiger partial charge is 0.225 e. The fourth-order valence-electron chi connectivity index (χ4n) is 8.62. The van der Waals surface area contributed by atoms with E-state index in [0.717, 1.165) is 48.5 Å². The van der Waals surface area contributed by atoms with Gasteiger partial charge in [0.25, 0.3) is 0 Å². The summed E-state index contributed by atoms with van der Waals surface area (Å²) in [5.41, 5.74) is -2.62. The highest BCUT2D eigenvalue weighted by molar-refractivity contribution is 8.00. The third-order valence-corrected chi connectivity index (χ3v) is 16.4. The minimum atomic E-state index is -6.86. The molecular formula is C52H20F18N4S4. The monoisotopic (exact) mass is 1170 g/mol. The Kier molecular flexibility index (Phi) is 12.6. The molecule has 0 unspecified atom stereocenters. The number of rotatable bonds is 12. The molecular weight excluding hydrogens is 1150 g/mol. The van der Waals surface area contributed by atoms with Crippen molar-refractivity contribution in [2.75, 3.05) is 0 Å². The van der Waals surface area contributed by atoms with E-state index >= 15 is 35.1 Å². The van der Waals surface area contributed by atoms with E-state index < -0.39 is 93.0 Å². The SMILES string of the molecule is Fc1ccc(Sc2cc3c4cc(Sc5ccc(F)cc5)c5nc(C(F)(F)C(F)(F)C(F)(F)F)nc6c(Sc7ccc(F)cc7)cc(c7cc(Sc8ccc(F)cc8)c8nc(C(F)(F)C(F)(F)C(F)(F)F)nc2c8c37)c4c56)cc1. The molecule has 11 aromatic rings. The van der Waals surface area contributed by atoms with Gasteiger partial charge in [0.2, 0.25) is 11.6 Å². The first-order valence-electron chi connectivity index (χ1n) is 21.9. The van der Waals surface area contributed by atoms with Crippen LogP contribution in [0.15, 0.2) is 160 Å². The van der Waals surface area contributed by atoms with Crippen molar-refractivity contribution in [2.24, 2.45) is 0 Å². The fourth-order valence-corrected chi connectivity index (χ4v) is 12.4. The van der Waals surface area contributed by atoms with Crippen molar-refractivity contribution >= 4 is 112 Å². The van der Waals surface area contributed by atoms with Crippen molar-refractivity contribution in [3.05, 3.63) is 156 Å². The summed E-state index contributed by atoms with van der Waals surface area (Å²) >= 11 is 2.55. The minimum absolute atomic E-state index is 0.0244. The summed E-state index contributed by atoms with van der Waals surface area (Å²) in [6, 6.07) is 22.4. The first kappa shape index (κ1) is 53.4. The Balaban J connectivity index is 1.36.